The third-order valence-electron chi connectivity index (χ3n) is 1.45. The molecule has 1 aromatic rings. The van der Waals surface area contributed by atoms with Crippen LogP contribution in [0.25, 0.3) is 0 Å². The molecule has 0 unspecified atom stereocenters. The highest BCUT2D eigenvalue weighted by Crippen LogP contribution is 1.95. The van der Waals surface area contributed by atoms with Crippen molar-refractivity contribution in [2.24, 2.45) is 4.99 Å². The summed E-state index contributed by atoms with van der Waals surface area (Å²) in [6, 6.07) is 1.92. The topological polar surface area (TPSA) is 41.0 Å². The monoisotopic (exact) mass is 163 g/mol. The van der Waals surface area contributed by atoms with Gasteiger partial charge >= 0.3 is 0 Å². The number of aliphatic imine (C=N–C) groups is 1. The van der Waals surface area contributed by atoms with Crippen LogP contribution in [-0.2, 0) is 0 Å². The first-order valence-corrected chi connectivity index (χ1v) is 3.90. The fourth-order valence-electron chi connectivity index (χ4n) is 0.755. The van der Waals surface area contributed by atoms with Crippen LogP contribution in [0, 0.1) is 6.92 Å². The van der Waals surface area contributed by atoms with Gasteiger partial charge in [0.05, 0.1) is 6.54 Å². The maximum absolute atomic E-state index is 3.95. The summed E-state index contributed by atoms with van der Waals surface area (Å²) < 4.78 is 0. The summed E-state index contributed by atoms with van der Waals surface area (Å²) in [5.74, 6) is 0. The number of nitrogens with zero attached hydrogens (tertiary/aromatic N) is 2. The Balaban J connectivity index is 0.000000120. The van der Waals surface area contributed by atoms with Gasteiger partial charge in [-0.15, -0.1) is 0 Å². The Kier molecular flexibility index (Phi) is 3.26. The third kappa shape index (κ3) is 3.14. The molecule has 0 bridgehead atoms. The summed E-state index contributed by atoms with van der Waals surface area (Å²) >= 11 is 0. The number of aromatic amines is 1. The van der Waals surface area contributed by atoms with E-state index in [0.29, 0.717) is 0 Å². The zero-order valence-electron chi connectivity index (χ0n) is 7.41. The van der Waals surface area contributed by atoms with Gasteiger partial charge in [0.15, 0.2) is 0 Å². The molecular weight excluding hydrogens is 150 g/mol. The molecular formula is C9H13N3. The van der Waals surface area contributed by atoms with E-state index in [1.807, 2.05) is 25.3 Å². The van der Waals surface area contributed by atoms with Crippen LogP contribution in [0.15, 0.2) is 28.9 Å². The quantitative estimate of drug-likeness (QED) is 0.621. The highest BCUT2D eigenvalue weighted by molar-refractivity contribution is 5.74. The molecule has 0 fully saturated rings. The minimum absolute atomic E-state index is 0.917. The van der Waals surface area contributed by atoms with E-state index in [1.54, 1.807) is 6.20 Å². The molecule has 1 aromatic heterocycles. The summed E-state index contributed by atoms with van der Waals surface area (Å²) in [4.78, 5) is 3.95. The van der Waals surface area contributed by atoms with E-state index < -0.39 is 0 Å². The van der Waals surface area contributed by atoms with Gasteiger partial charge in [0, 0.05) is 18.1 Å². The lowest BCUT2D eigenvalue weighted by Crippen LogP contribution is -1.70. The lowest BCUT2D eigenvalue weighted by atomic mass is 10.3. The zero-order valence-corrected chi connectivity index (χ0v) is 7.41. The third-order valence-corrected chi connectivity index (χ3v) is 1.45. The van der Waals surface area contributed by atoms with Crippen LogP contribution in [0.3, 0.4) is 0 Å². The highest BCUT2D eigenvalue weighted by atomic mass is 15.1. The largest absolute Gasteiger partial charge is 0.289 e. The number of H-pyrrole nitrogens is 1. The number of aryl methyl sites for hydroxylation is 1. The maximum Gasteiger partial charge on any atom is 0.0600 e. The predicted octanol–water partition coefficient (Wildman–Crippen LogP) is 1.74. The molecule has 0 radical (unpaired) electrons. The first-order valence-electron chi connectivity index (χ1n) is 3.90. The Labute approximate surface area is 72.2 Å². The van der Waals surface area contributed by atoms with E-state index >= 15 is 0 Å². The molecule has 1 N–H and O–H groups in total. The highest BCUT2D eigenvalue weighted by Gasteiger charge is 1.87. The minimum Gasteiger partial charge on any atom is -0.289 e. The van der Waals surface area contributed by atoms with Crippen LogP contribution in [-0.4, -0.2) is 23.0 Å². The zero-order chi connectivity index (χ0) is 8.81. The first kappa shape index (κ1) is 8.71. The van der Waals surface area contributed by atoms with Crippen LogP contribution < -0.4 is 0 Å². The van der Waals surface area contributed by atoms with Gasteiger partial charge in [0.25, 0.3) is 0 Å². The fraction of sp³-hybridized carbons (Fsp3) is 0.333. The molecule has 12 heavy (non-hydrogen) atoms. The van der Waals surface area contributed by atoms with Gasteiger partial charge in [-0.1, -0.05) is 5.57 Å². The second-order valence-corrected chi connectivity index (χ2v) is 2.74. The second-order valence-electron chi connectivity index (χ2n) is 2.74. The van der Waals surface area contributed by atoms with Crippen LogP contribution >= 0.6 is 0 Å². The summed E-state index contributed by atoms with van der Waals surface area (Å²) in [6.45, 7) is 4.96. The number of rotatable bonds is 0. The molecule has 3 heteroatoms. The molecule has 0 aromatic carbocycles. The van der Waals surface area contributed by atoms with E-state index in [4.69, 9.17) is 0 Å². The van der Waals surface area contributed by atoms with Crippen molar-refractivity contribution in [2.75, 3.05) is 6.54 Å². The Bertz CT molecular complexity index is 270. The van der Waals surface area contributed by atoms with Crippen LogP contribution in [0.4, 0.5) is 0 Å². The van der Waals surface area contributed by atoms with Gasteiger partial charge in [-0.2, -0.15) is 5.10 Å². The molecule has 2 rings (SSSR count). The van der Waals surface area contributed by atoms with Crippen molar-refractivity contribution in [1.29, 1.82) is 0 Å². The first-order chi connectivity index (χ1) is 5.79. The molecule has 64 valence electrons. The average Bonchev–Trinajstić information content (AvgIpc) is 2.63. The number of allylic oxidation sites excluding steroid dienone is 1. The van der Waals surface area contributed by atoms with Gasteiger partial charge in [-0.25, -0.2) is 0 Å². The van der Waals surface area contributed by atoms with Gasteiger partial charge in [-0.3, -0.25) is 10.1 Å². The molecule has 1 aliphatic heterocycles. The fourth-order valence-corrected chi connectivity index (χ4v) is 0.755. The van der Waals surface area contributed by atoms with E-state index in [9.17, 15) is 0 Å². The van der Waals surface area contributed by atoms with Crippen molar-refractivity contribution >= 4 is 6.21 Å². The standard InChI is InChI=1S/C5H7N.C4H6N2/c1-5-2-3-6-4-5;1-4-2-3-5-6-4/h2-3H,4H2,1H3;2-3H,1H3,(H,5,6). The molecule has 0 saturated heterocycles. The molecule has 0 amide bonds. The molecule has 0 spiro atoms. The van der Waals surface area contributed by atoms with Crippen LogP contribution in [0.1, 0.15) is 12.6 Å². The van der Waals surface area contributed by atoms with Crippen molar-refractivity contribution in [3.05, 3.63) is 29.6 Å². The van der Waals surface area contributed by atoms with E-state index in [2.05, 4.69) is 22.1 Å². The lowest BCUT2D eigenvalue weighted by Gasteiger charge is -1.77. The normalized spacial score (nSPS) is 13.7. The van der Waals surface area contributed by atoms with E-state index in [1.165, 1.54) is 5.57 Å². The van der Waals surface area contributed by atoms with Gasteiger partial charge in [0.1, 0.15) is 0 Å². The summed E-state index contributed by atoms with van der Waals surface area (Å²) in [6.07, 6.45) is 5.60. The molecule has 0 atom stereocenters. The van der Waals surface area contributed by atoms with Gasteiger partial charge in [0.2, 0.25) is 0 Å². The summed E-state index contributed by atoms with van der Waals surface area (Å²) in [5, 5.41) is 6.45. The molecule has 3 nitrogen and oxygen atoms in total. The lowest BCUT2D eigenvalue weighted by molar-refractivity contribution is 1.05. The number of nitrogens with one attached hydrogen (secondary N) is 1. The Morgan fingerprint density at radius 3 is 2.42 bits per heavy atom. The number of hydrogen-bond acceptors (Lipinski definition) is 2. The average molecular weight is 163 g/mol. The van der Waals surface area contributed by atoms with Crippen molar-refractivity contribution in [1.82, 2.24) is 10.2 Å². The predicted molar refractivity (Wildman–Crippen MR) is 50.4 cm³/mol. The Hall–Kier alpha value is -1.38. The maximum atomic E-state index is 3.95. The molecule has 2 heterocycles. The van der Waals surface area contributed by atoms with Crippen LogP contribution in [0.5, 0.6) is 0 Å². The van der Waals surface area contributed by atoms with E-state index in [-0.39, 0.29) is 0 Å². The molecule has 0 aliphatic carbocycles. The summed E-state index contributed by atoms with van der Waals surface area (Å²) in [5.41, 5.74) is 2.46. The molecule has 1 aliphatic rings. The van der Waals surface area contributed by atoms with Crippen molar-refractivity contribution in [3.8, 4) is 0 Å². The van der Waals surface area contributed by atoms with Gasteiger partial charge < -0.3 is 0 Å². The second kappa shape index (κ2) is 4.49. The molecule has 0 saturated carbocycles. The summed E-state index contributed by atoms with van der Waals surface area (Å²) in [7, 11) is 0. The van der Waals surface area contributed by atoms with Crippen molar-refractivity contribution in [2.45, 2.75) is 13.8 Å². The Morgan fingerprint density at radius 1 is 1.42 bits per heavy atom. The smallest absolute Gasteiger partial charge is 0.0600 e. The minimum atomic E-state index is 0.917. The van der Waals surface area contributed by atoms with Crippen molar-refractivity contribution < 1.29 is 0 Å². The SMILES string of the molecule is CC1=CC=NC1.Cc1ccn[nH]1. The van der Waals surface area contributed by atoms with Crippen molar-refractivity contribution in [3.63, 3.8) is 0 Å². The van der Waals surface area contributed by atoms with Crippen LogP contribution in [0.2, 0.25) is 0 Å². The number of hydrogen-bond donors (Lipinski definition) is 1. The van der Waals surface area contributed by atoms with Gasteiger partial charge in [-0.05, 0) is 26.0 Å². The number of aromatic nitrogens is 2. The van der Waals surface area contributed by atoms with E-state index in [0.717, 1.165) is 12.2 Å². The Morgan fingerprint density at radius 2 is 2.25 bits per heavy atom.